The van der Waals surface area contributed by atoms with Gasteiger partial charge in [0.05, 0.1) is 26.7 Å². The van der Waals surface area contributed by atoms with Gasteiger partial charge in [0.2, 0.25) is 5.91 Å². The highest BCUT2D eigenvalue weighted by molar-refractivity contribution is 7.99. The first kappa shape index (κ1) is 19.2. The molecule has 0 aliphatic heterocycles. The van der Waals surface area contributed by atoms with E-state index < -0.39 is 12.0 Å². The van der Waals surface area contributed by atoms with Crippen LogP contribution in [-0.4, -0.2) is 42.7 Å². The second kappa shape index (κ2) is 9.29. The van der Waals surface area contributed by atoms with E-state index in [-0.39, 0.29) is 17.6 Å². The highest BCUT2D eigenvalue weighted by Crippen LogP contribution is 2.31. The minimum absolute atomic E-state index is 0.172. The molecule has 128 valence electrons. The van der Waals surface area contributed by atoms with E-state index in [0.29, 0.717) is 23.5 Å². The van der Waals surface area contributed by atoms with Crippen LogP contribution in [0.4, 0.5) is 0 Å². The van der Waals surface area contributed by atoms with Crippen LogP contribution in [0.3, 0.4) is 0 Å². The molecular formula is C16H23NO5S. The quantitative estimate of drug-likeness (QED) is 0.718. The van der Waals surface area contributed by atoms with E-state index in [1.807, 2.05) is 13.2 Å². The fourth-order valence-electron chi connectivity index (χ4n) is 2.09. The molecule has 0 aliphatic carbocycles. The maximum atomic E-state index is 12.1. The molecule has 1 aromatic carbocycles. The van der Waals surface area contributed by atoms with Crippen molar-refractivity contribution in [1.29, 1.82) is 0 Å². The summed E-state index contributed by atoms with van der Waals surface area (Å²) in [6, 6.07) is 4.49. The lowest BCUT2D eigenvalue weighted by Crippen LogP contribution is -2.31. The first-order valence-electron chi connectivity index (χ1n) is 7.17. The second-order valence-corrected chi connectivity index (χ2v) is 6.36. The summed E-state index contributed by atoms with van der Waals surface area (Å²) < 4.78 is 10.4. The van der Waals surface area contributed by atoms with Gasteiger partial charge in [0, 0.05) is 11.7 Å². The Morgan fingerprint density at radius 1 is 1.22 bits per heavy atom. The highest BCUT2D eigenvalue weighted by atomic mass is 32.2. The number of hydrogen-bond donors (Lipinski definition) is 2. The smallest absolute Gasteiger partial charge is 0.305 e. The fourth-order valence-corrected chi connectivity index (χ4v) is 2.41. The lowest BCUT2D eigenvalue weighted by molar-refractivity contribution is -0.137. The molecule has 0 aromatic heterocycles. The third kappa shape index (κ3) is 6.02. The van der Waals surface area contributed by atoms with Crippen LogP contribution in [0.2, 0.25) is 0 Å². The standard InChI is InChI=1S/C16H23NO5S/c1-10(23-4)7-15(18)17-12(9-16(19)20)11-5-6-13(21-2)14(8-11)22-3/h5-6,8,10,12H,7,9H2,1-4H3,(H,17,18)(H,19,20). The summed E-state index contributed by atoms with van der Waals surface area (Å²) in [5, 5.41) is 12.1. The Balaban J connectivity index is 2.97. The number of aliphatic carboxylic acids is 1. The number of amides is 1. The van der Waals surface area contributed by atoms with Gasteiger partial charge in [-0.25, -0.2) is 0 Å². The van der Waals surface area contributed by atoms with Crippen molar-refractivity contribution in [3.8, 4) is 11.5 Å². The molecule has 0 saturated heterocycles. The molecule has 23 heavy (non-hydrogen) atoms. The van der Waals surface area contributed by atoms with Crippen molar-refractivity contribution in [2.24, 2.45) is 0 Å². The van der Waals surface area contributed by atoms with Crippen LogP contribution < -0.4 is 14.8 Å². The number of hydrogen-bond acceptors (Lipinski definition) is 5. The second-order valence-electron chi connectivity index (χ2n) is 5.08. The van der Waals surface area contributed by atoms with Crippen molar-refractivity contribution in [3.05, 3.63) is 23.8 Å². The number of carboxylic acids is 1. The van der Waals surface area contributed by atoms with Crippen molar-refractivity contribution < 1.29 is 24.2 Å². The molecule has 0 aliphatic rings. The van der Waals surface area contributed by atoms with E-state index in [1.54, 1.807) is 30.0 Å². The van der Waals surface area contributed by atoms with Gasteiger partial charge in [0.15, 0.2) is 11.5 Å². The Hall–Kier alpha value is -1.89. The van der Waals surface area contributed by atoms with Crippen molar-refractivity contribution in [2.75, 3.05) is 20.5 Å². The number of rotatable bonds is 9. The van der Waals surface area contributed by atoms with E-state index in [2.05, 4.69) is 5.32 Å². The van der Waals surface area contributed by atoms with Crippen LogP contribution in [0.25, 0.3) is 0 Å². The molecule has 0 radical (unpaired) electrons. The summed E-state index contributed by atoms with van der Waals surface area (Å²) in [5.41, 5.74) is 0.662. The van der Waals surface area contributed by atoms with Gasteiger partial charge in [-0.1, -0.05) is 13.0 Å². The molecule has 7 heteroatoms. The first-order valence-corrected chi connectivity index (χ1v) is 8.45. The highest BCUT2D eigenvalue weighted by Gasteiger charge is 2.20. The number of thioether (sulfide) groups is 1. The molecule has 1 aromatic rings. The molecule has 2 N–H and O–H groups in total. The monoisotopic (exact) mass is 341 g/mol. The summed E-state index contributed by atoms with van der Waals surface area (Å²) in [6.45, 7) is 1.95. The van der Waals surface area contributed by atoms with E-state index >= 15 is 0 Å². The van der Waals surface area contributed by atoms with Crippen molar-refractivity contribution in [2.45, 2.75) is 31.1 Å². The van der Waals surface area contributed by atoms with Crippen molar-refractivity contribution in [3.63, 3.8) is 0 Å². The van der Waals surface area contributed by atoms with Gasteiger partial charge in [-0.15, -0.1) is 0 Å². The fraction of sp³-hybridized carbons (Fsp3) is 0.500. The number of methoxy groups -OCH3 is 2. The van der Waals surface area contributed by atoms with Gasteiger partial charge in [-0.05, 0) is 24.0 Å². The minimum atomic E-state index is -0.983. The van der Waals surface area contributed by atoms with Crippen molar-refractivity contribution in [1.82, 2.24) is 5.32 Å². The summed E-state index contributed by atoms with van der Waals surface area (Å²) >= 11 is 1.59. The minimum Gasteiger partial charge on any atom is -0.493 e. The Kier molecular flexibility index (Phi) is 7.74. The van der Waals surface area contributed by atoms with Gasteiger partial charge >= 0.3 is 5.97 Å². The van der Waals surface area contributed by atoms with E-state index in [4.69, 9.17) is 14.6 Å². The number of carbonyl (C=O) groups excluding carboxylic acids is 1. The topological polar surface area (TPSA) is 84.9 Å². The molecule has 0 heterocycles. The zero-order valence-corrected chi connectivity index (χ0v) is 14.6. The molecule has 2 atom stereocenters. The van der Waals surface area contributed by atoms with Crippen LogP contribution in [0.15, 0.2) is 18.2 Å². The molecule has 0 saturated carbocycles. The molecular weight excluding hydrogens is 318 g/mol. The third-order valence-electron chi connectivity index (χ3n) is 3.40. The maximum Gasteiger partial charge on any atom is 0.305 e. The van der Waals surface area contributed by atoms with Crippen LogP contribution in [0.5, 0.6) is 11.5 Å². The zero-order chi connectivity index (χ0) is 17.4. The molecule has 1 rings (SSSR count). The average molecular weight is 341 g/mol. The number of carbonyl (C=O) groups is 2. The Morgan fingerprint density at radius 3 is 2.39 bits per heavy atom. The molecule has 2 unspecified atom stereocenters. The van der Waals surface area contributed by atoms with Gasteiger partial charge in [-0.2, -0.15) is 11.8 Å². The summed E-state index contributed by atoms with van der Waals surface area (Å²) in [6.07, 6.45) is 2.07. The van der Waals surface area contributed by atoms with Crippen LogP contribution in [0, 0.1) is 0 Å². The Bertz CT molecular complexity index is 549. The van der Waals surface area contributed by atoms with Crippen LogP contribution >= 0.6 is 11.8 Å². The normalized spacial score (nSPS) is 13.0. The Morgan fingerprint density at radius 2 is 1.87 bits per heavy atom. The summed E-state index contributed by atoms with van der Waals surface area (Å²) in [5.74, 6) is -0.115. The van der Waals surface area contributed by atoms with Crippen LogP contribution in [0.1, 0.15) is 31.4 Å². The Labute approximate surface area is 140 Å². The summed E-state index contributed by atoms with van der Waals surface area (Å²) in [7, 11) is 3.03. The van der Waals surface area contributed by atoms with Gasteiger partial charge in [-0.3, -0.25) is 9.59 Å². The molecule has 0 bridgehead atoms. The molecule has 1 amide bonds. The van der Waals surface area contributed by atoms with Gasteiger partial charge in [0.25, 0.3) is 0 Å². The third-order valence-corrected chi connectivity index (χ3v) is 4.37. The van der Waals surface area contributed by atoms with Crippen LogP contribution in [-0.2, 0) is 9.59 Å². The van der Waals surface area contributed by atoms with E-state index in [0.717, 1.165) is 0 Å². The number of carboxylic acid groups (broad SMARTS) is 1. The lowest BCUT2D eigenvalue weighted by Gasteiger charge is -2.20. The first-order chi connectivity index (χ1) is 10.9. The predicted molar refractivity (Wildman–Crippen MR) is 90.3 cm³/mol. The zero-order valence-electron chi connectivity index (χ0n) is 13.8. The van der Waals surface area contributed by atoms with Gasteiger partial charge < -0.3 is 19.9 Å². The molecule has 0 spiro atoms. The largest absolute Gasteiger partial charge is 0.493 e. The van der Waals surface area contributed by atoms with Crippen molar-refractivity contribution >= 4 is 23.6 Å². The van der Waals surface area contributed by atoms with E-state index in [1.165, 1.54) is 14.2 Å². The predicted octanol–water partition coefficient (Wildman–Crippen LogP) is 2.48. The molecule has 0 fully saturated rings. The van der Waals surface area contributed by atoms with E-state index in [9.17, 15) is 9.59 Å². The maximum absolute atomic E-state index is 12.1. The van der Waals surface area contributed by atoms with Gasteiger partial charge in [0.1, 0.15) is 0 Å². The number of nitrogens with one attached hydrogen (secondary N) is 1. The molecule has 6 nitrogen and oxygen atoms in total. The lowest BCUT2D eigenvalue weighted by atomic mass is 10.0. The number of benzene rings is 1. The average Bonchev–Trinajstić information content (AvgIpc) is 2.52. The number of ether oxygens (including phenoxy) is 2. The SMILES string of the molecule is COc1ccc(C(CC(=O)O)NC(=O)CC(C)SC)cc1OC. The summed E-state index contributed by atoms with van der Waals surface area (Å²) in [4.78, 5) is 23.2.